The molecule has 0 aliphatic carbocycles. The Bertz CT molecular complexity index is 425. The zero-order valence-corrected chi connectivity index (χ0v) is 12.7. The summed E-state index contributed by atoms with van der Waals surface area (Å²) in [5.41, 5.74) is 0.507. The second kappa shape index (κ2) is 8.89. The highest BCUT2D eigenvalue weighted by molar-refractivity contribution is 6.32. The van der Waals surface area contributed by atoms with Gasteiger partial charge in [-0.2, -0.15) is 0 Å². The second-order valence-electron chi connectivity index (χ2n) is 4.55. The van der Waals surface area contributed by atoms with Crippen molar-refractivity contribution in [3.8, 4) is 0 Å². The van der Waals surface area contributed by atoms with Gasteiger partial charge in [-0.1, -0.05) is 25.4 Å². The number of carbonyl (C=O) groups is 1. The molecule has 1 heterocycles. The van der Waals surface area contributed by atoms with Crippen LogP contribution < -0.4 is 5.32 Å². The predicted octanol–water partition coefficient (Wildman–Crippen LogP) is 2.16. The molecule has 0 bridgehead atoms. The topological polar surface area (TPSA) is 65.5 Å². The average molecular weight is 300 g/mol. The highest BCUT2D eigenvalue weighted by Gasteiger charge is 2.18. The lowest BCUT2D eigenvalue weighted by Crippen LogP contribution is -2.42. The molecule has 1 rings (SSSR count). The summed E-state index contributed by atoms with van der Waals surface area (Å²) in [7, 11) is 0. The monoisotopic (exact) mass is 299 g/mol. The van der Waals surface area contributed by atoms with Crippen LogP contribution in [0.3, 0.4) is 0 Å². The van der Waals surface area contributed by atoms with E-state index in [1.165, 1.54) is 0 Å². The molecule has 1 aromatic heterocycles. The van der Waals surface area contributed by atoms with Gasteiger partial charge in [0.15, 0.2) is 5.15 Å². The first-order valence-electron chi connectivity index (χ1n) is 6.87. The maximum absolute atomic E-state index is 12.1. The van der Waals surface area contributed by atoms with Gasteiger partial charge >= 0.3 is 0 Å². The summed E-state index contributed by atoms with van der Waals surface area (Å²) >= 11 is 5.90. The number of nitrogens with one attached hydrogen (secondary N) is 1. The number of aliphatic hydroxyl groups excluding tert-OH is 1. The van der Waals surface area contributed by atoms with E-state index in [-0.39, 0.29) is 30.3 Å². The van der Waals surface area contributed by atoms with Crippen LogP contribution in [-0.2, 0) is 4.79 Å². The van der Waals surface area contributed by atoms with Crippen LogP contribution in [0.4, 0.5) is 5.69 Å². The fourth-order valence-corrected chi connectivity index (χ4v) is 2.34. The zero-order valence-electron chi connectivity index (χ0n) is 12.0. The maximum Gasteiger partial charge on any atom is 0.238 e. The van der Waals surface area contributed by atoms with Crippen molar-refractivity contribution in [2.75, 3.05) is 25.0 Å². The lowest BCUT2D eigenvalue weighted by Gasteiger charge is -2.29. The largest absolute Gasteiger partial charge is 0.395 e. The third-order valence-corrected chi connectivity index (χ3v) is 3.53. The first kappa shape index (κ1) is 16.9. The fourth-order valence-electron chi connectivity index (χ4n) is 2.18. The van der Waals surface area contributed by atoms with E-state index in [4.69, 9.17) is 16.7 Å². The molecule has 5 nitrogen and oxygen atoms in total. The number of rotatable bonds is 8. The normalized spacial score (nSPS) is 11.1. The Kier molecular flexibility index (Phi) is 7.51. The van der Waals surface area contributed by atoms with Crippen LogP contribution in [0, 0.1) is 0 Å². The van der Waals surface area contributed by atoms with Crippen molar-refractivity contribution in [1.29, 1.82) is 0 Å². The van der Waals surface area contributed by atoms with E-state index in [0.717, 1.165) is 12.8 Å². The predicted molar refractivity (Wildman–Crippen MR) is 80.9 cm³/mol. The minimum Gasteiger partial charge on any atom is -0.395 e. The Labute approximate surface area is 125 Å². The van der Waals surface area contributed by atoms with Crippen molar-refractivity contribution in [2.24, 2.45) is 0 Å². The number of nitrogens with zero attached hydrogens (tertiary/aromatic N) is 2. The molecule has 112 valence electrons. The van der Waals surface area contributed by atoms with Gasteiger partial charge < -0.3 is 10.4 Å². The Morgan fingerprint density at radius 3 is 2.75 bits per heavy atom. The summed E-state index contributed by atoms with van der Waals surface area (Å²) in [5.74, 6) is -0.153. The molecule has 2 N–H and O–H groups in total. The van der Waals surface area contributed by atoms with E-state index < -0.39 is 0 Å². The lowest BCUT2D eigenvalue weighted by molar-refractivity contribution is -0.118. The number of amides is 1. The summed E-state index contributed by atoms with van der Waals surface area (Å²) in [6.07, 6.45) is 3.45. The number of aliphatic hydroxyl groups is 1. The molecule has 1 amide bonds. The second-order valence-corrected chi connectivity index (χ2v) is 4.91. The van der Waals surface area contributed by atoms with Crippen LogP contribution in [0.25, 0.3) is 0 Å². The quantitative estimate of drug-likeness (QED) is 0.722. The number of pyridine rings is 1. The van der Waals surface area contributed by atoms with Gasteiger partial charge in [0.2, 0.25) is 5.91 Å². The summed E-state index contributed by atoms with van der Waals surface area (Å²) < 4.78 is 0. The highest BCUT2D eigenvalue weighted by atomic mass is 35.5. The molecular formula is C14H22ClN3O2. The fraction of sp³-hybridized carbons (Fsp3) is 0.571. The molecule has 1 aromatic rings. The van der Waals surface area contributed by atoms with Gasteiger partial charge in [0.25, 0.3) is 0 Å². The van der Waals surface area contributed by atoms with Crippen LogP contribution in [-0.4, -0.2) is 46.6 Å². The van der Waals surface area contributed by atoms with E-state index in [1.54, 1.807) is 18.3 Å². The van der Waals surface area contributed by atoms with E-state index in [1.807, 2.05) is 4.90 Å². The highest BCUT2D eigenvalue weighted by Crippen LogP contribution is 2.17. The molecule has 20 heavy (non-hydrogen) atoms. The summed E-state index contributed by atoms with van der Waals surface area (Å²) in [6.45, 7) is 4.92. The molecule has 0 aliphatic heterocycles. The Hall–Kier alpha value is -1.17. The SMILES string of the molecule is CCC(CC)N(CCO)CC(=O)Nc1cccnc1Cl. The van der Waals surface area contributed by atoms with Crippen molar-refractivity contribution < 1.29 is 9.90 Å². The van der Waals surface area contributed by atoms with Gasteiger partial charge in [-0.05, 0) is 25.0 Å². The first-order valence-corrected chi connectivity index (χ1v) is 7.25. The van der Waals surface area contributed by atoms with Gasteiger partial charge in [-0.25, -0.2) is 4.98 Å². The van der Waals surface area contributed by atoms with Crippen molar-refractivity contribution in [3.05, 3.63) is 23.5 Å². The zero-order chi connectivity index (χ0) is 15.0. The molecule has 0 atom stereocenters. The molecule has 6 heteroatoms. The van der Waals surface area contributed by atoms with E-state index in [0.29, 0.717) is 12.2 Å². The first-order chi connectivity index (χ1) is 9.62. The Balaban J connectivity index is 2.64. The van der Waals surface area contributed by atoms with Crippen LogP contribution >= 0.6 is 11.6 Å². The van der Waals surface area contributed by atoms with E-state index >= 15 is 0 Å². The molecule has 0 unspecified atom stereocenters. The third-order valence-electron chi connectivity index (χ3n) is 3.23. The molecular weight excluding hydrogens is 278 g/mol. The van der Waals surface area contributed by atoms with Crippen LogP contribution in [0.15, 0.2) is 18.3 Å². The minimum absolute atomic E-state index is 0.0391. The smallest absolute Gasteiger partial charge is 0.238 e. The number of carbonyl (C=O) groups excluding carboxylic acids is 1. The number of halogens is 1. The lowest BCUT2D eigenvalue weighted by atomic mass is 10.1. The number of hydrogen-bond acceptors (Lipinski definition) is 4. The standard InChI is InChI=1S/C14H22ClN3O2/c1-3-11(4-2)18(8-9-19)10-13(20)17-12-6-5-7-16-14(12)15/h5-7,11,19H,3-4,8-10H2,1-2H3,(H,17,20). The van der Waals surface area contributed by atoms with Gasteiger partial charge in [0.1, 0.15) is 0 Å². The number of anilines is 1. The van der Waals surface area contributed by atoms with Crippen molar-refractivity contribution in [3.63, 3.8) is 0 Å². The number of hydrogen-bond donors (Lipinski definition) is 2. The summed E-state index contributed by atoms with van der Waals surface area (Å²) in [6, 6.07) is 3.71. The van der Waals surface area contributed by atoms with Crippen molar-refractivity contribution >= 4 is 23.2 Å². The van der Waals surface area contributed by atoms with E-state index in [9.17, 15) is 4.79 Å². The van der Waals surface area contributed by atoms with Gasteiger partial charge in [0.05, 0.1) is 18.8 Å². The summed E-state index contributed by atoms with van der Waals surface area (Å²) in [5, 5.41) is 12.1. The minimum atomic E-state index is -0.153. The van der Waals surface area contributed by atoms with Crippen LogP contribution in [0.1, 0.15) is 26.7 Å². The molecule has 0 saturated heterocycles. The van der Waals surface area contributed by atoms with Crippen molar-refractivity contribution in [1.82, 2.24) is 9.88 Å². The van der Waals surface area contributed by atoms with Gasteiger partial charge in [-0.3, -0.25) is 9.69 Å². The Morgan fingerprint density at radius 1 is 1.50 bits per heavy atom. The number of aromatic nitrogens is 1. The van der Waals surface area contributed by atoms with E-state index in [2.05, 4.69) is 24.1 Å². The summed E-state index contributed by atoms with van der Waals surface area (Å²) in [4.78, 5) is 18.0. The molecule has 0 radical (unpaired) electrons. The molecule has 0 fully saturated rings. The maximum atomic E-state index is 12.1. The third kappa shape index (κ3) is 5.07. The van der Waals surface area contributed by atoms with Crippen LogP contribution in [0.5, 0.6) is 0 Å². The molecule has 0 saturated carbocycles. The van der Waals surface area contributed by atoms with Gasteiger partial charge in [-0.15, -0.1) is 0 Å². The molecule has 0 aliphatic rings. The average Bonchev–Trinajstić information content (AvgIpc) is 2.43. The van der Waals surface area contributed by atoms with Crippen molar-refractivity contribution in [2.45, 2.75) is 32.7 Å². The van der Waals surface area contributed by atoms with Gasteiger partial charge in [0, 0.05) is 18.8 Å². The molecule has 0 spiro atoms. The van der Waals surface area contributed by atoms with Crippen LogP contribution in [0.2, 0.25) is 5.15 Å². The molecule has 0 aromatic carbocycles. The Morgan fingerprint density at radius 2 is 2.20 bits per heavy atom.